The zero-order valence-corrected chi connectivity index (χ0v) is 36.6. The molecule has 1 amide bonds. The standard InChI is InChI=1S/C46H70N4O7/c1-28(2)37-31(51)24-46(34(52)26-50(23-22-49(10)11)39(54)30-16-21-47-27-48-30)20-19-44(8)29(38(37)46)12-13-33-43(7)17-15-35(57-36(53)25-41(3,4)40(55)56)42(5,6)32(43)14-18-45(33,44)9/h16,21,27-29,32-35,52H,12-15,17-20,22-26H2,1-11H3,(H,55,56)/t29-,32+,33-,34?,35+,43+,44-,45-,46?/m1/s1. The van der Waals surface area contributed by atoms with Crippen LogP contribution in [0, 0.1) is 56.2 Å². The highest BCUT2D eigenvalue weighted by Crippen LogP contribution is 2.77. The Morgan fingerprint density at radius 1 is 0.947 bits per heavy atom. The van der Waals surface area contributed by atoms with E-state index in [2.05, 4.69) is 58.4 Å². The first-order valence-electron chi connectivity index (χ1n) is 21.5. The largest absolute Gasteiger partial charge is 0.481 e. The Morgan fingerprint density at radius 3 is 2.26 bits per heavy atom. The smallest absolute Gasteiger partial charge is 0.309 e. The number of aliphatic hydroxyl groups excluding tert-OH is 1. The Balaban J connectivity index is 1.30. The third-order valence-electron chi connectivity index (χ3n) is 16.8. The summed E-state index contributed by atoms with van der Waals surface area (Å²) >= 11 is 0. The lowest BCUT2D eigenvalue weighted by molar-refractivity contribution is -0.235. The van der Waals surface area contributed by atoms with Crippen LogP contribution in [-0.4, -0.2) is 99.5 Å². The summed E-state index contributed by atoms with van der Waals surface area (Å²) in [5.41, 5.74) is 0.0562. The minimum atomic E-state index is -1.19. The summed E-state index contributed by atoms with van der Waals surface area (Å²) in [5, 5.41) is 22.2. The summed E-state index contributed by atoms with van der Waals surface area (Å²) in [6.07, 6.45) is 9.14. The van der Waals surface area contributed by atoms with Crippen LogP contribution in [0.5, 0.6) is 0 Å². The number of ether oxygens (including phenoxy) is 1. The molecule has 0 saturated heterocycles. The molecule has 1 aromatic heterocycles. The zero-order chi connectivity index (χ0) is 42.1. The van der Waals surface area contributed by atoms with Crippen LogP contribution >= 0.6 is 0 Å². The Morgan fingerprint density at radius 2 is 1.65 bits per heavy atom. The number of fused-ring (bicyclic) bond motifs is 7. The van der Waals surface area contributed by atoms with Gasteiger partial charge in [-0.2, -0.15) is 0 Å². The van der Waals surface area contributed by atoms with Gasteiger partial charge in [0.05, 0.1) is 17.9 Å². The molecular weight excluding hydrogens is 721 g/mol. The van der Waals surface area contributed by atoms with E-state index in [0.29, 0.717) is 37.0 Å². The summed E-state index contributed by atoms with van der Waals surface area (Å²) in [5.74, 6) is -0.628. The highest BCUT2D eigenvalue weighted by molar-refractivity contribution is 6.01. The molecule has 11 nitrogen and oxygen atoms in total. The molecule has 4 saturated carbocycles. The number of carboxylic acids is 1. The number of aromatic nitrogens is 2. The predicted molar refractivity (Wildman–Crippen MR) is 218 cm³/mol. The van der Waals surface area contributed by atoms with E-state index < -0.39 is 28.9 Å². The maximum atomic E-state index is 14.3. The summed E-state index contributed by atoms with van der Waals surface area (Å²) in [6.45, 7) is 20.5. The molecule has 2 unspecified atom stereocenters. The van der Waals surface area contributed by atoms with E-state index in [1.165, 1.54) is 11.9 Å². The van der Waals surface area contributed by atoms with Gasteiger partial charge in [0, 0.05) is 43.1 Å². The molecule has 2 N–H and O–H groups in total. The lowest BCUT2D eigenvalue weighted by atomic mass is 9.33. The SMILES string of the molecule is CC(C)C1=C2[C@H]3CC[C@@H]4[C@@]5(C)CC[C@H](OC(=O)CC(C)(C)C(=O)O)C(C)(C)[C@@H]5CC[C@@]4(C)[C@]3(C)CCC2(C(O)CN(CCN(C)C)C(=O)c2ccncn2)CC1=O. The molecule has 0 aromatic carbocycles. The summed E-state index contributed by atoms with van der Waals surface area (Å²) in [4.78, 5) is 65.1. The Labute approximate surface area is 340 Å². The van der Waals surface area contributed by atoms with E-state index in [0.717, 1.165) is 50.5 Å². The molecule has 1 heterocycles. The van der Waals surface area contributed by atoms with Gasteiger partial charge in [-0.05, 0) is 131 Å². The summed E-state index contributed by atoms with van der Waals surface area (Å²) in [7, 11) is 3.93. The number of aliphatic carboxylic acids is 1. The maximum Gasteiger partial charge on any atom is 0.309 e. The van der Waals surface area contributed by atoms with Gasteiger partial charge in [-0.3, -0.25) is 19.2 Å². The molecule has 316 valence electrons. The van der Waals surface area contributed by atoms with E-state index in [4.69, 9.17) is 4.74 Å². The van der Waals surface area contributed by atoms with Crippen molar-refractivity contribution in [2.75, 3.05) is 33.7 Å². The van der Waals surface area contributed by atoms with Crippen LogP contribution in [0.25, 0.3) is 0 Å². The Bertz CT molecular complexity index is 1770. The average molecular weight is 791 g/mol. The molecule has 0 spiro atoms. The van der Waals surface area contributed by atoms with Crippen LogP contribution in [0.1, 0.15) is 137 Å². The first-order valence-corrected chi connectivity index (χ1v) is 21.5. The number of ketones is 1. The van der Waals surface area contributed by atoms with Crippen molar-refractivity contribution in [2.24, 2.45) is 56.2 Å². The van der Waals surface area contributed by atoms with Crippen LogP contribution < -0.4 is 0 Å². The number of carbonyl (C=O) groups excluding carboxylic acids is 3. The maximum absolute atomic E-state index is 14.3. The minimum Gasteiger partial charge on any atom is -0.481 e. The number of Topliss-reactive ketones (excluding diaryl/α,β-unsaturated/α-hetero) is 1. The fourth-order valence-electron chi connectivity index (χ4n) is 13.5. The average Bonchev–Trinajstić information content (AvgIpc) is 3.44. The molecular formula is C46H70N4O7. The summed E-state index contributed by atoms with van der Waals surface area (Å²) < 4.78 is 6.18. The van der Waals surface area contributed by atoms with Gasteiger partial charge in [0.25, 0.3) is 5.91 Å². The van der Waals surface area contributed by atoms with Crippen molar-refractivity contribution in [3.05, 3.63) is 35.4 Å². The van der Waals surface area contributed by atoms with Crippen LogP contribution in [0.15, 0.2) is 29.7 Å². The lowest BCUT2D eigenvalue weighted by Crippen LogP contribution is -2.66. The highest BCUT2D eigenvalue weighted by atomic mass is 16.5. The lowest BCUT2D eigenvalue weighted by Gasteiger charge is -2.72. The van der Waals surface area contributed by atoms with Crippen LogP contribution in [0.3, 0.4) is 0 Å². The van der Waals surface area contributed by atoms with Crippen molar-refractivity contribution < 1.29 is 34.1 Å². The molecule has 57 heavy (non-hydrogen) atoms. The van der Waals surface area contributed by atoms with E-state index in [1.807, 2.05) is 19.0 Å². The molecule has 1 aromatic rings. The van der Waals surface area contributed by atoms with Crippen molar-refractivity contribution in [1.29, 1.82) is 0 Å². The van der Waals surface area contributed by atoms with Crippen molar-refractivity contribution in [1.82, 2.24) is 19.8 Å². The van der Waals surface area contributed by atoms with Gasteiger partial charge in [0.15, 0.2) is 5.78 Å². The van der Waals surface area contributed by atoms with Gasteiger partial charge in [0.2, 0.25) is 0 Å². The number of amides is 1. The third-order valence-corrected chi connectivity index (χ3v) is 16.8. The van der Waals surface area contributed by atoms with Gasteiger partial charge < -0.3 is 24.7 Å². The molecule has 6 rings (SSSR count). The molecule has 4 fully saturated rings. The first-order chi connectivity index (χ1) is 26.5. The number of nitrogens with zero attached hydrogens (tertiary/aromatic N) is 4. The normalized spacial score (nSPS) is 35.2. The predicted octanol–water partition coefficient (Wildman–Crippen LogP) is 7.23. The number of rotatable bonds is 12. The van der Waals surface area contributed by atoms with Crippen LogP contribution in [0.4, 0.5) is 0 Å². The van der Waals surface area contributed by atoms with Gasteiger partial charge >= 0.3 is 11.9 Å². The number of carboxylic acid groups (broad SMARTS) is 1. The number of aliphatic hydroxyl groups is 1. The molecule has 5 aliphatic rings. The fraction of sp³-hybridized carbons (Fsp3) is 0.783. The van der Waals surface area contributed by atoms with Crippen LogP contribution in [0.2, 0.25) is 0 Å². The second-order valence-electron chi connectivity index (χ2n) is 21.2. The number of hydrogen-bond acceptors (Lipinski definition) is 9. The molecule has 0 radical (unpaired) electrons. The number of esters is 1. The number of likely N-dealkylation sites (N-methyl/N-ethyl adjacent to an activating group) is 1. The van der Waals surface area contributed by atoms with Crippen molar-refractivity contribution in [3.8, 4) is 0 Å². The van der Waals surface area contributed by atoms with Crippen molar-refractivity contribution in [3.63, 3.8) is 0 Å². The molecule has 0 aliphatic heterocycles. The monoisotopic (exact) mass is 791 g/mol. The molecule has 0 bridgehead atoms. The van der Waals surface area contributed by atoms with Gasteiger partial charge in [-0.15, -0.1) is 0 Å². The zero-order valence-electron chi connectivity index (χ0n) is 36.6. The highest BCUT2D eigenvalue weighted by Gasteiger charge is 2.71. The number of allylic oxidation sites excluding steroid dienone is 1. The fourth-order valence-corrected chi connectivity index (χ4v) is 13.5. The van der Waals surface area contributed by atoms with E-state index in [1.54, 1.807) is 31.0 Å². The molecule has 9 atom stereocenters. The second kappa shape index (κ2) is 15.1. The van der Waals surface area contributed by atoms with E-state index >= 15 is 0 Å². The van der Waals surface area contributed by atoms with Crippen molar-refractivity contribution >= 4 is 23.6 Å². The minimum absolute atomic E-state index is 0.0107. The van der Waals surface area contributed by atoms with E-state index in [9.17, 15) is 29.4 Å². The topological polar surface area (TPSA) is 150 Å². The van der Waals surface area contributed by atoms with Gasteiger partial charge in [-0.1, -0.05) is 54.0 Å². The number of carbonyl (C=O) groups is 4. The second-order valence-corrected chi connectivity index (χ2v) is 21.2. The quantitative estimate of drug-likeness (QED) is 0.208. The first kappa shape index (κ1) is 43.4. The Kier molecular flexibility index (Phi) is 11.5. The number of hydrogen-bond donors (Lipinski definition) is 2. The molecule has 11 heteroatoms. The van der Waals surface area contributed by atoms with Gasteiger partial charge in [0.1, 0.15) is 18.1 Å². The Hall–Kier alpha value is -3.18. The third kappa shape index (κ3) is 7.08. The van der Waals surface area contributed by atoms with Crippen molar-refractivity contribution in [2.45, 2.75) is 139 Å². The van der Waals surface area contributed by atoms with Gasteiger partial charge in [-0.25, -0.2) is 9.97 Å². The molecule has 5 aliphatic carbocycles. The summed E-state index contributed by atoms with van der Waals surface area (Å²) in [6, 6.07) is 1.61. The van der Waals surface area contributed by atoms with E-state index in [-0.39, 0.29) is 70.7 Å². The van der Waals surface area contributed by atoms with Crippen LogP contribution in [-0.2, 0) is 19.1 Å².